The van der Waals surface area contributed by atoms with E-state index in [4.69, 9.17) is 4.74 Å². The molecule has 3 rings (SSSR count). The van der Waals surface area contributed by atoms with Crippen LogP contribution in [0.2, 0.25) is 0 Å². The van der Waals surface area contributed by atoms with Crippen LogP contribution in [0.1, 0.15) is 38.3 Å². The summed E-state index contributed by atoms with van der Waals surface area (Å²) < 4.78 is 5.29. The molecule has 1 aliphatic rings. The number of hydrogen-bond acceptors (Lipinski definition) is 3. The van der Waals surface area contributed by atoms with Gasteiger partial charge in [0.1, 0.15) is 11.4 Å². The Morgan fingerprint density at radius 1 is 1.39 bits per heavy atom. The average molecular weight is 313 g/mol. The van der Waals surface area contributed by atoms with Gasteiger partial charge in [-0.15, -0.1) is 0 Å². The number of H-pyrrole nitrogens is 1. The van der Waals surface area contributed by atoms with Crippen LogP contribution in [0.5, 0.6) is 5.75 Å². The Kier molecular flexibility index (Phi) is 4.65. The number of nitrogens with one attached hydrogen (secondary N) is 2. The van der Waals surface area contributed by atoms with Gasteiger partial charge in [-0.25, -0.2) is 0 Å². The number of benzene rings is 1. The van der Waals surface area contributed by atoms with Gasteiger partial charge in [0.15, 0.2) is 0 Å². The molecule has 1 aromatic heterocycles. The summed E-state index contributed by atoms with van der Waals surface area (Å²) in [5.41, 5.74) is 3.46. The molecule has 0 saturated heterocycles. The normalized spacial score (nSPS) is 14.9. The minimum Gasteiger partial charge on any atom is -0.497 e. The highest BCUT2D eigenvalue weighted by Crippen LogP contribution is 2.33. The summed E-state index contributed by atoms with van der Waals surface area (Å²) >= 11 is 0. The van der Waals surface area contributed by atoms with E-state index in [0.717, 1.165) is 60.5 Å². The number of aryl methyl sites for hydroxylation is 1. The van der Waals surface area contributed by atoms with E-state index in [-0.39, 0.29) is 11.8 Å². The summed E-state index contributed by atoms with van der Waals surface area (Å²) in [5, 5.41) is 10.6. The van der Waals surface area contributed by atoms with E-state index < -0.39 is 0 Å². The second-order valence-corrected chi connectivity index (χ2v) is 5.98. The average Bonchev–Trinajstić information content (AvgIpc) is 3.24. The number of methoxy groups -OCH3 is 1. The number of aromatic amines is 1. The van der Waals surface area contributed by atoms with Gasteiger partial charge in [-0.05, 0) is 31.4 Å². The summed E-state index contributed by atoms with van der Waals surface area (Å²) in [7, 11) is 1.64. The molecule has 122 valence electrons. The molecule has 2 N–H and O–H groups in total. The van der Waals surface area contributed by atoms with Gasteiger partial charge >= 0.3 is 0 Å². The van der Waals surface area contributed by atoms with Crippen molar-refractivity contribution in [3.8, 4) is 17.0 Å². The maximum atomic E-state index is 12.5. The number of nitrogens with zero attached hydrogens (tertiary/aromatic N) is 1. The van der Waals surface area contributed by atoms with Crippen LogP contribution in [0, 0.1) is 5.92 Å². The third-order valence-electron chi connectivity index (χ3n) is 4.51. The lowest BCUT2D eigenvalue weighted by molar-refractivity contribution is -0.119. The molecule has 0 aliphatic heterocycles. The fourth-order valence-electron chi connectivity index (χ4n) is 3.16. The number of carbonyl (C=O) groups is 1. The molecule has 23 heavy (non-hydrogen) atoms. The number of amides is 1. The summed E-state index contributed by atoms with van der Waals surface area (Å²) in [4.78, 5) is 12.5. The molecule has 0 atom stereocenters. The van der Waals surface area contributed by atoms with Gasteiger partial charge in [-0.1, -0.05) is 31.9 Å². The molecule has 1 aliphatic carbocycles. The third-order valence-corrected chi connectivity index (χ3v) is 4.51. The molecule has 5 nitrogen and oxygen atoms in total. The highest BCUT2D eigenvalue weighted by molar-refractivity contribution is 5.97. The van der Waals surface area contributed by atoms with Crippen molar-refractivity contribution in [3.63, 3.8) is 0 Å². The fourth-order valence-corrected chi connectivity index (χ4v) is 3.16. The van der Waals surface area contributed by atoms with E-state index in [2.05, 4.69) is 15.5 Å². The van der Waals surface area contributed by atoms with Crippen molar-refractivity contribution in [3.05, 3.63) is 30.0 Å². The lowest BCUT2D eigenvalue weighted by Crippen LogP contribution is -2.21. The minimum absolute atomic E-state index is 0.114. The molecule has 0 unspecified atom stereocenters. The lowest BCUT2D eigenvalue weighted by atomic mass is 10.1. The van der Waals surface area contributed by atoms with Crippen LogP contribution in [0.25, 0.3) is 11.3 Å². The molecule has 0 spiro atoms. The van der Waals surface area contributed by atoms with Crippen LogP contribution in [-0.4, -0.2) is 23.2 Å². The first-order valence-electron chi connectivity index (χ1n) is 8.25. The Morgan fingerprint density at radius 2 is 2.17 bits per heavy atom. The van der Waals surface area contributed by atoms with Gasteiger partial charge < -0.3 is 10.1 Å². The number of aromatic nitrogens is 2. The maximum Gasteiger partial charge on any atom is 0.227 e. The Labute approximate surface area is 136 Å². The Morgan fingerprint density at radius 3 is 2.87 bits per heavy atom. The first-order chi connectivity index (χ1) is 11.2. The molecule has 1 heterocycles. The van der Waals surface area contributed by atoms with E-state index in [1.54, 1.807) is 7.11 Å². The Hall–Kier alpha value is -2.30. The predicted octanol–water partition coefficient (Wildman–Crippen LogP) is 3.78. The van der Waals surface area contributed by atoms with Crippen LogP contribution in [-0.2, 0) is 11.2 Å². The third kappa shape index (κ3) is 3.23. The second-order valence-electron chi connectivity index (χ2n) is 5.98. The molecule has 1 aromatic carbocycles. The molecule has 0 bridgehead atoms. The monoisotopic (exact) mass is 313 g/mol. The fraction of sp³-hybridized carbons (Fsp3) is 0.444. The van der Waals surface area contributed by atoms with Crippen molar-refractivity contribution in [1.29, 1.82) is 0 Å². The van der Waals surface area contributed by atoms with Gasteiger partial charge in [0.2, 0.25) is 5.91 Å². The van der Waals surface area contributed by atoms with Crippen molar-refractivity contribution < 1.29 is 9.53 Å². The van der Waals surface area contributed by atoms with Crippen molar-refractivity contribution in [2.75, 3.05) is 12.4 Å². The first-order valence-corrected chi connectivity index (χ1v) is 8.25. The first kappa shape index (κ1) is 15.6. The number of anilines is 1. The van der Waals surface area contributed by atoms with Crippen molar-refractivity contribution >= 4 is 11.6 Å². The lowest BCUT2D eigenvalue weighted by Gasteiger charge is -2.12. The quantitative estimate of drug-likeness (QED) is 0.883. The predicted molar refractivity (Wildman–Crippen MR) is 90.5 cm³/mol. The molecule has 5 heteroatoms. The molecule has 0 radical (unpaired) electrons. The molecular formula is C18H23N3O2. The highest BCUT2D eigenvalue weighted by atomic mass is 16.5. The smallest absolute Gasteiger partial charge is 0.227 e. The Balaban J connectivity index is 1.91. The van der Waals surface area contributed by atoms with Crippen molar-refractivity contribution in [1.82, 2.24) is 10.2 Å². The highest BCUT2D eigenvalue weighted by Gasteiger charge is 2.25. The largest absolute Gasteiger partial charge is 0.497 e. The van der Waals surface area contributed by atoms with Gasteiger partial charge in [0.25, 0.3) is 0 Å². The summed E-state index contributed by atoms with van der Waals surface area (Å²) in [6, 6.07) is 7.73. The van der Waals surface area contributed by atoms with Crippen LogP contribution < -0.4 is 10.1 Å². The molecule has 1 fully saturated rings. The topological polar surface area (TPSA) is 67.0 Å². The Bertz CT molecular complexity index is 687. The number of hydrogen-bond donors (Lipinski definition) is 2. The number of rotatable bonds is 5. The zero-order valence-electron chi connectivity index (χ0n) is 13.7. The molecule has 1 amide bonds. The molecule has 2 aromatic rings. The van der Waals surface area contributed by atoms with E-state index in [9.17, 15) is 4.79 Å². The van der Waals surface area contributed by atoms with Crippen molar-refractivity contribution in [2.45, 2.75) is 39.0 Å². The van der Waals surface area contributed by atoms with Gasteiger partial charge in [-0.2, -0.15) is 5.10 Å². The van der Waals surface area contributed by atoms with E-state index in [1.807, 2.05) is 31.2 Å². The zero-order chi connectivity index (χ0) is 16.2. The number of ether oxygens (including phenoxy) is 1. The van der Waals surface area contributed by atoms with Crippen LogP contribution in [0.4, 0.5) is 5.69 Å². The van der Waals surface area contributed by atoms with Gasteiger partial charge in [0, 0.05) is 11.5 Å². The van der Waals surface area contributed by atoms with Crippen molar-refractivity contribution in [2.24, 2.45) is 5.92 Å². The standard InChI is InChI=1S/C18H23N3O2/c1-3-15-17(19-18(22)12-7-4-5-8-12)16(21-20-15)13-9-6-10-14(11-13)23-2/h6,9-12H,3-5,7-8H2,1-2H3,(H,19,22)(H,20,21). The van der Waals surface area contributed by atoms with E-state index in [1.165, 1.54) is 0 Å². The van der Waals surface area contributed by atoms with E-state index >= 15 is 0 Å². The van der Waals surface area contributed by atoms with Crippen LogP contribution in [0.15, 0.2) is 24.3 Å². The maximum absolute atomic E-state index is 12.5. The summed E-state index contributed by atoms with van der Waals surface area (Å²) in [5.74, 6) is 1.02. The number of carbonyl (C=O) groups excluding carboxylic acids is 1. The van der Waals surface area contributed by atoms with E-state index in [0.29, 0.717) is 0 Å². The van der Waals surface area contributed by atoms with Crippen LogP contribution in [0.3, 0.4) is 0 Å². The second kappa shape index (κ2) is 6.86. The summed E-state index contributed by atoms with van der Waals surface area (Å²) in [6.45, 7) is 2.05. The molecule has 1 saturated carbocycles. The molecular weight excluding hydrogens is 290 g/mol. The minimum atomic E-state index is 0.114. The SMILES string of the molecule is CCc1[nH]nc(-c2cccc(OC)c2)c1NC(=O)C1CCCC1. The van der Waals surface area contributed by atoms with Gasteiger partial charge in [-0.3, -0.25) is 9.89 Å². The van der Waals surface area contributed by atoms with Gasteiger partial charge in [0.05, 0.1) is 18.5 Å². The summed E-state index contributed by atoms with van der Waals surface area (Å²) in [6.07, 6.45) is 5.05. The zero-order valence-corrected chi connectivity index (χ0v) is 13.7. The van der Waals surface area contributed by atoms with Crippen LogP contribution >= 0.6 is 0 Å².